The van der Waals surface area contributed by atoms with Gasteiger partial charge in [-0.2, -0.15) is 0 Å². The summed E-state index contributed by atoms with van der Waals surface area (Å²) in [6, 6.07) is 6.53. The molecular formula is C16H19NOS2. The van der Waals surface area contributed by atoms with Gasteiger partial charge in [-0.1, -0.05) is 19.9 Å². The average molecular weight is 305 g/mol. The predicted molar refractivity (Wildman–Crippen MR) is 86.3 cm³/mol. The van der Waals surface area contributed by atoms with Gasteiger partial charge in [-0.25, -0.2) is 0 Å². The van der Waals surface area contributed by atoms with Crippen molar-refractivity contribution in [2.24, 2.45) is 5.92 Å². The predicted octanol–water partition coefficient (Wildman–Crippen LogP) is 4.32. The van der Waals surface area contributed by atoms with Gasteiger partial charge in [0.2, 0.25) is 5.91 Å². The maximum atomic E-state index is 11.6. The molecule has 1 aliphatic heterocycles. The molecule has 4 heteroatoms. The van der Waals surface area contributed by atoms with Crippen molar-refractivity contribution in [3.8, 4) is 10.4 Å². The Labute approximate surface area is 127 Å². The maximum absolute atomic E-state index is 11.6. The second-order valence-corrected chi connectivity index (χ2v) is 7.76. The van der Waals surface area contributed by atoms with Crippen molar-refractivity contribution in [2.75, 3.05) is 0 Å². The van der Waals surface area contributed by atoms with Crippen LogP contribution in [0.3, 0.4) is 0 Å². The van der Waals surface area contributed by atoms with Gasteiger partial charge < -0.3 is 5.32 Å². The van der Waals surface area contributed by atoms with Crippen molar-refractivity contribution in [3.05, 3.63) is 33.8 Å². The number of rotatable bonds is 4. The van der Waals surface area contributed by atoms with Gasteiger partial charge in [-0.05, 0) is 35.2 Å². The molecule has 1 atom stereocenters. The minimum atomic E-state index is -0.0470. The molecule has 20 heavy (non-hydrogen) atoms. The number of carbonyl (C=O) groups excluding carboxylic acids is 1. The summed E-state index contributed by atoms with van der Waals surface area (Å²) in [6.45, 7) is 4.42. The molecule has 3 rings (SSSR count). The van der Waals surface area contributed by atoms with Crippen LogP contribution in [0, 0.1) is 5.92 Å². The van der Waals surface area contributed by atoms with Crippen molar-refractivity contribution in [1.29, 1.82) is 0 Å². The first-order chi connectivity index (χ1) is 9.59. The highest BCUT2D eigenvalue weighted by Gasteiger charge is 2.40. The number of nitrogens with one attached hydrogen (secondary N) is 1. The van der Waals surface area contributed by atoms with E-state index in [1.807, 2.05) is 11.3 Å². The van der Waals surface area contributed by atoms with Gasteiger partial charge in [0.25, 0.3) is 0 Å². The van der Waals surface area contributed by atoms with Crippen LogP contribution in [0.4, 0.5) is 0 Å². The zero-order valence-electron chi connectivity index (χ0n) is 11.8. The monoisotopic (exact) mass is 305 g/mol. The lowest BCUT2D eigenvalue weighted by molar-refractivity contribution is -0.120. The smallest absolute Gasteiger partial charge is 0.220 e. The molecule has 3 heterocycles. The molecule has 0 radical (unpaired) electrons. The third-order valence-electron chi connectivity index (χ3n) is 4.24. The van der Waals surface area contributed by atoms with Gasteiger partial charge in [-0.15, -0.1) is 22.7 Å². The molecule has 106 valence electrons. The van der Waals surface area contributed by atoms with E-state index in [0.717, 1.165) is 12.8 Å². The lowest BCUT2D eigenvalue weighted by Crippen LogP contribution is -2.47. The van der Waals surface area contributed by atoms with Crippen molar-refractivity contribution >= 4 is 28.6 Å². The molecule has 1 N–H and O–H groups in total. The Bertz CT molecular complexity index is 600. The second kappa shape index (κ2) is 5.34. The molecule has 1 amide bonds. The third kappa shape index (κ3) is 2.54. The Kier molecular flexibility index (Phi) is 3.69. The first-order valence-corrected chi connectivity index (χ1v) is 8.77. The Morgan fingerprint density at radius 3 is 2.85 bits per heavy atom. The number of hydrogen-bond donors (Lipinski definition) is 1. The van der Waals surface area contributed by atoms with Crippen LogP contribution in [0.1, 0.15) is 31.6 Å². The lowest BCUT2D eigenvalue weighted by atomic mass is 9.81. The van der Waals surface area contributed by atoms with Crippen molar-refractivity contribution in [1.82, 2.24) is 5.32 Å². The molecule has 2 aromatic heterocycles. The van der Waals surface area contributed by atoms with Gasteiger partial charge in [0.1, 0.15) is 0 Å². The van der Waals surface area contributed by atoms with Gasteiger partial charge in [-0.3, -0.25) is 4.79 Å². The Morgan fingerprint density at radius 2 is 2.25 bits per heavy atom. The van der Waals surface area contributed by atoms with E-state index >= 15 is 0 Å². The molecule has 2 aromatic rings. The average Bonchev–Trinajstić information content (AvgIpc) is 3.10. The molecule has 1 unspecified atom stereocenters. The molecular weight excluding hydrogens is 286 g/mol. The minimum absolute atomic E-state index is 0.0470. The molecule has 0 saturated carbocycles. The molecule has 1 aliphatic rings. The highest BCUT2D eigenvalue weighted by atomic mass is 32.1. The lowest BCUT2D eigenvalue weighted by Gasteiger charge is -2.33. The standard InChI is InChI=1S/C16H19NOS2/c1-11(2)16(6-5-15(18)17-16)9-13-8-12(10-20-13)14-4-3-7-19-14/h3-4,7-8,10-11H,5-6,9H2,1-2H3,(H,17,18). The van der Waals surface area contributed by atoms with Gasteiger partial charge in [0.15, 0.2) is 0 Å². The van der Waals surface area contributed by atoms with Crippen LogP contribution in [0.15, 0.2) is 29.0 Å². The topological polar surface area (TPSA) is 29.1 Å². The van der Waals surface area contributed by atoms with E-state index in [2.05, 4.69) is 48.1 Å². The van der Waals surface area contributed by atoms with Crippen LogP contribution >= 0.6 is 22.7 Å². The fourth-order valence-corrected chi connectivity index (χ4v) is 4.66. The summed E-state index contributed by atoms with van der Waals surface area (Å²) in [5, 5.41) is 7.57. The van der Waals surface area contributed by atoms with E-state index in [1.54, 1.807) is 11.3 Å². The van der Waals surface area contributed by atoms with Gasteiger partial charge in [0.05, 0.1) is 0 Å². The molecule has 1 saturated heterocycles. The number of thiophene rings is 2. The number of amides is 1. The van der Waals surface area contributed by atoms with Crippen LogP contribution in [0.2, 0.25) is 0 Å². The van der Waals surface area contributed by atoms with Crippen molar-refractivity contribution < 1.29 is 4.79 Å². The first kappa shape index (κ1) is 13.8. The summed E-state index contributed by atoms with van der Waals surface area (Å²) < 4.78 is 0. The van der Waals surface area contributed by atoms with Gasteiger partial charge >= 0.3 is 0 Å². The van der Waals surface area contributed by atoms with E-state index < -0.39 is 0 Å². The fraction of sp³-hybridized carbons (Fsp3) is 0.438. The highest BCUT2D eigenvalue weighted by molar-refractivity contribution is 7.14. The zero-order chi connectivity index (χ0) is 14.2. The molecule has 2 nitrogen and oxygen atoms in total. The summed E-state index contributed by atoms with van der Waals surface area (Å²) in [5.74, 6) is 0.662. The number of hydrogen-bond acceptors (Lipinski definition) is 3. The summed E-state index contributed by atoms with van der Waals surface area (Å²) in [6.07, 6.45) is 2.57. The van der Waals surface area contributed by atoms with E-state index in [4.69, 9.17) is 0 Å². The zero-order valence-corrected chi connectivity index (χ0v) is 13.4. The summed E-state index contributed by atoms with van der Waals surface area (Å²) in [5.41, 5.74) is 1.26. The largest absolute Gasteiger partial charge is 0.350 e. The third-order valence-corrected chi connectivity index (χ3v) is 6.10. The first-order valence-electron chi connectivity index (χ1n) is 7.01. The molecule has 0 aromatic carbocycles. The SMILES string of the molecule is CC(C)C1(Cc2cc(-c3cccs3)cs2)CCC(=O)N1. The van der Waals surface area contributed by atoms with E-state index in [1.165, 1.54) is 15.3 Å². The molecule has 1 fully saturated rings. The maximum Gasteiger partial charge on any atom is 0.220 e. The highest BCUT2D eigenvalue weighted by Crippen LogP contribution is 2.36. The van der Waals surface area contributed by atoms with Crippen molar-refractivity contribution in [3.63, 3.8) is 0 Å². The van der Waals surface area contributed by atoms with Crippen LogP contribution < -0.4 is 5.32 Å². The Balaban J connectivity index is 1.82. The van der Waals surface area contributed by atoms with E-state index in [0.29, 0.717) is 12.3 Å². The minimum Gasteiger partial charge on any atom is -0.350 e. The fourth-order valence-electron chi connectivity index (χ4n) is 2.87. The van der Waals surface area contributed by atoms with Crippen molar-refractivity contribution in [2.45, 2.75) is 38.6 Å². The van der Waals surface area contributed by atoms with Crippen LogP contribution in [-0.2, 0) is 11.2 Å². The molecule has 0 bridgehead atoms. The Hall–Kier alpha value is -1.13. The van der Waals surface area contributed by atoms with Gasteiger partial charge in [0, 0.05) is 33.7 Å². The summed E-state index contributed by atoms with van der Waals surface area (Å²) in [4.78, 5) is 14.3. The normalized spacial score (nSPS) is 22.4. The Morgan fingerprint density at radius 1 is 1.40 bits per heavy atom. The molecule has 0 aliphatic carbocycles. The molecule has 0 spiro atoms. The van der Waals surface area contributed by atoms with Crippen LogP contribution in [-0.4, -0.2) is 11.4 Å². The quantitative estimate of drug-likeness (QED) is 0.895. The van der Waals surface area contributed by atoms with Crippen LogP contribution in [0.25, 0.3) is 10.4 Å². The summed E-state index contributed by atoms with van der Waals surface area (Å²) in [7, 11) is 0. The number of carbonyl (C=O) groups is 1. The van der Waals surface area contributed by atoms with Crippen LogP contribution in [0.5, 0.6) is 0 Å². The summed E-state index contributed by atoms with van der Waals surface area (Å²) >= 11 is 3.58. The van der Waals surface area contributed by atoms with E-state index in [-0.39, 0.29) is 11.4 Å². The second-order valence-electron chi connectivity index (χ2n) is 5.81. The van der Waals surface area contributed by atoms with E-state index in [9.17, 15) is 4.79 Å².